The highest BCUT2D eigenvalue weighted by Crippen LogP contribution is 2.23. The average Bonchev–Trinajstić information content (AvgIpc) is 2.74. The van der Waals surface area contributed by atoms with Crippen LogP contribution in [0.3, 0.4) is 0 Å². The molecule has 0 fully saturated rings. The lowest BCUT2D eigenvalue weighted by molar-refractivity contribution is -0.697. The molecule has 0 aliphatic rings. The van der Waals surface area contributed by atoms with Crippen molar-refractivity contribution >= 4 is 0 Å². The van der Waals surface area contributed by atoms with Gasteiger partial charge in [0.05, 0.1) is 18.2 Å². The third-order valence-corrected chi connectivity index (χ3v) is 4.56. The minimum Gasteiger partial charge on any atom is -0.494 e. The predicted molar refractivity (Wildman–Crippen MR) is 107 cm³/mol. The summed E-state index contributed by atoms with van der Waals surface area (Å²) in [6, 6.07) is 24.1. The Bertz CT molecular complexity index is 850. The number of unbranched alkanes of at least 4 members (excludes halogenated alkanes) is 3. The lowest BCUT2D eigenvalue weighted by Crippen LogP contribution is -2.32. The largest absolute Gasteiger partial charge is 0.494 e. The maximum absolute atomic E-state index is 8.87. The molecular formula is C24H25N2O+. The first-order valence-electron chi connectivity index (χ1n) is 9.53. The van der Waals surface area contributed by atoms with Crippen molar-refractivity contribution in [2.45, 2.75) is 32.2 Å². The van der Waals surface area contributed by atoms with Crippen LogP contribution in [0.25, 0.3) is 11.1 Å². The summed E-state index contributed by atoms with van der Waals surface area (Å²) >= 11 is 0. The van der Waals surface area contributed by atoms with Gasteiger partial charge in [0.15, 0.2) is 12.4 Å². The fraction of sp³-hybridized carbons (Fsp3) is 0.250. The number of hydrogen-bond acceptors (Lipinski definition) is 2. The van der Waals surface area contributed by atoms with Crippen molar-refractivity contribution in [1.29, 1.82) is 5.26 Å². The molecule has 0 saturated carbocycles. The van der Waals surface area contributed by atoms with E-state index < -0.39 is 0 Å². The fourth-order valence-corrected chi connectivity index (χ4v) is 3.00. The molecule has 0 aliphatic carbocycles. The van der Waals surface area contributed by atoms with Gasteiger partial charge in [0, 0.05) is 18.6 Å². The van der Waals surface area contributed by atoms with Crippen LogP contribution >= 0.6 is 0 Å². The molecule has 3 aromatic rings. The van der Waals surface area contributed by atoms with E-state index in [4.69, 9.17) is 10.00 Å². The molecule has 0 saturated heterocycles. The SMILES string of the molecule is N#Cc1ccc(-c2ccc(OCCCCCC[n+]3ccccc3)cc2)cc1. The summed E-state index contributed by atoms with van der Waals surface area (Å²) in [5.41, 5.74) is 2.92. The first kappa shape index (κ1) is 18.7. The van der Waals surface area contributed by atoms with Crippen LogP contribution < -0.4 is 9.30 Å². The summed E-state index contributed by atoms with van der Waals surface area (Å²) in [6.45, 7) is 1.84. The molecule has 3 rings (SSSR count). The highest BCUT2D eigenvalue weighted by Gasteiger charge is 2.01. The van der Waals surface area contributed by atoms with Crippen LogP contribution in [-0.2, 0) is 6.54 Å². The molecular weight excluding hydrogens is 332 g/mol. The highest BCUT2D eigenvalue weighted by molar-refractivity contribution is 5.64. The molecule has 3 nitrogen and oxygen atoms in total. The smallest absolute Gasteiger partial charge is 0.168 e. The Kier molecular flexibility index (Phi) is 7.00. The van der Waals surface area contributed by atoms with E-state index in [0.29, 0.717) is 5.56 Å². The molecule has 3 heteroatoms. The van der Waals surface area contributed by atoms with Gasteiger partial charge in [-0.2, -0.15) is 5.26 Å². The minimum absolute atomic E-state index is 0.682. The van der Waals surface area contributed by atoms with E-state index in [0.717, 1.165) is 36.4 Å². The Balaban J connectivity index is 1.34. The molecule has 27 heavy (non-hydrogen) atoms. The van der Waals surface area contributed by atoms with Gasteiger partial charge in [-0.15, -0.1) is 0 Å². The van der Waals surface area contributed by atoms with Gasteiger partial charge in [0.25, 0.3) is 0 Å². The monoisotopic (exact) mass is 357 g/mol. The van der Waals surface area contributed by atoms with E-state index in [1.807, 2.05) is 42.5 Å². The molecule has 0 atom stereocenters. The Morgan fingerprint density at radius 1 is 0.741 bits per heavy atom. The maximum Gasteiger partial charge on any atom is 0.168 e. The second-order valence-corrected chi connectivity index (χ2v) is 6.59. The van der Waals surface area contributed by atoms with Crippen molar-refractivity contribution in [3.05, 3.63) is 84.7 Å². The number of benzene rings is 2. The van der Waals surface area contributed by atoms with Gasteiger partial charge in [-0.05, 0) is 54.7 Å². The molecule has 0 N–H and O–H groups in total. The van der Waals surface area contributed by atoms with Crippen molar-refractivity contribution in [2.24, 2.45) is 0 Å². The zero-order valence-corrected chi connectivity index (χ0v) is 15.6. The van der Waals surface area contributed by atoms with Crippen LogP contribution in [0.4, 0.5) is 0 Å². The lowest BCUT2D eigenvalue weighted by atomic mass is 10.0. The van der Waals surface area contributed by atoms with Crippen LogP contribution in [0.15, 0.2) is 79.1 Å². The summed E-state index contributed by atoms with van der Waals surface area (Å²) < 4.78 is 8.08. The Labute approximate surface area is 161 Å². The van der Waals surface area contributed by atoms with Gasteiger partial charge in [0.1, 0.15) is 12.3 Å². The van der Waals surface area contributed by atoms with Crippen LogP contribution in [0, 0.1) is 11.3 Å². The van der Waals surface area contributed by atoms with Crippen molar-refractivity contribution in [3.8, 4) is 22.9 Å². The summed E-state index contributed by atoms with van der Waals surface area (Å²) in [5, 5.41) is 8.87. The number of hydrogen-bond donors (Lipinski definition) is 0. The fourth-order valence-electron chi connectivity index (χ4n) is 3.00. The van der Waals surface area contributed by atoms with E-state index in [1.165, 1.54) is 19.3 Å². The number of nitriles is 1. The van der Waals surface area contributed by atoms with Gasteiger partial charge in [-0.3, -0.25) is 0 Å². The number of rotatable bonds is 9. The molecule has 0 bridgehead atoms. The number of nitrogens with zero attached hydrogens (tertiary/aromatic N) is 2. The van der Waals surface area contributed by atoms with Gasteiger partial charge in [0.2, 0.25) is 0 Å². The van der Waals surface area contributed by atoms with Crippen LogP contribution in [0.5, 0.6) is 5.75 Å². The zero-order valence-electron chi connectivity index (χ0n) is 15.6. The van der Waals surface area contributed by atoms with E-state index in [-0.39, 0.29) is 0 Å². The molecule has 2 aromatic carbocycles. The van der Waals surface area contributed by atoms with Gasteiger partial charge in [-0.1, -0.05) is 30.3 Å². The van der Waals surface area contributed by atoms with E-state index in [9.17, 15) is 0 Å². The Morgan fingerprint density at radius 2 is 1.37 bits per heavy atom. The molecule has 136 valence electrons. The number of ether oxygens (including phenoxy) is 1. The first-order chi connectivity index (χ1) is 13.3. The molecule has 0 aliphatic heterocycles. The quantitative estimate of drug-likeness (QED) is 0.392. The highest BCUT2D eigenvalue weighted by atomic mass is 16.5. The van der Waals surface area contributed by atoms with Crippen LogP contribution in [0.2, 0.25) is 0 Å². The molecule has 1 heterocycles. The molecule has 0 amide bonds. The summed E-state index contributed by atoms with van der Waals surface area (Å²) in [5.74, 6) is 0.909. The number of aromatic nitrogens is 1. The molecule has 0 radical (unpaired) electrons. The van der Waals surface area contributed by atoms with E-state index >= 15 is 0 Å². The Morgan fingerprint density at radius 3 is 2.04 bits per heavy atom. The van der Waals surface area contributed by atoms with Crippen LogP contribution in [-0.4, -0.2) is 6.61 Å². The average molecular weight is 357 g/mol. The third-order valence-electron chi connectivity index (χ3n) is 4.56. The molecule has 0 spiro atoms. The van der Waals surface area contributed by atoms with Gasteiger partial charge >= 0.3 is 0 Å². The molecule has 0 unspecified atom stereocenters. The lowest BCUT2D eigenvalue weighted by Gasteiger charge is -2.07. The first-order valence-corrected chi connectivity index (χ1v) is 9.53. The molecule has 1 aromatic heterocycles. The van der Waals surface area contributed by atoms with Crippen molar-refractivity contribution < 1.29 is 9.30 Å². The zero-order chi connectivity index (χ0) is 18.7. The number of pyridine rings is 1. The van der Waals surface area contributed by atoms with Crippen molar-refractivity contribution in [2.75, 3.05) is 6.61 Å². The van der Waals surface area contributed by atoms with Crippen molar-refractivity contribution in [1.82, 2.24) is 0 Å². The van der Waals surface area contributed by atoms with Crippen molar-refractivity contribution in [3.63, 3.8) is 0 Å². The topological polar surface area (TPSA) is 36.9 Å². The van der Waals surface area contributed by atoms with E-state index in [1.54, 1.807) is 0 Å². The number of aryl methyl sites for hydroxylation is 1. The maximum atomic E-state index is 8.87. The van der Waals surface area contributed by atoms with Crippen LogP contribution in [0.1, 0.15) is 31.2 Å². The second-order valence-electron chi connectivity index (χ2n) is 6.59. The minimum atomic E-state index is 0.682. The summed E-state index contributed by atoms with van der Waals surface area (Å²) in [6.07, 6.45) is 8.93. The Hall–Kier alpha value is -3.12. The standard InChI is InChI=1S/C24H25N2O/c25-20-21-8-10-22(11-9-21)23-12-14-24(15-13-23)27-19-7-2-1-4-16-26-17-5-3-6-18-26/h3,5-6,8-15,17-18H,1-2,4,7,16,19H2/q+1. The van der Waals surface area contributed by atoms with Gasteiger partial charge in [-0.25, -0.2) is 4.57 Å². The third kappa shape index (κ3) is 5.97. The summed E-state index contributed by atoms with van der Waals surface area (Å²) in [7, 11) is 0. The second kappa shape index (κ2) is 10.1. The van der Waals surface area contributed by atoms with E-state index in [2.05, 4.69) is 47.3 Å². The van der Waals surface area contributed by atoms with Gasteiger partial charge < -0.3 is 4.74 Å². The summed E-state index contributed by atoms with van der Waals surface area (Å²) in [4.78, 5) is 0. The predicted octanol–water partition coefficient (Wildman–Crippen LogP) is 5.15. The normalized spacial score (nSPS) is 10.3.